The number of hydrogen-bond donors (Lipinski definition) is 1. The van der Waals surface area contributed by atoms with Gasteiger partial charge in [0.05, 0.1) is 7.11 Å². The van der Waals surface area contributed by atoms with Gasteiger partial charge in [-0.1, -0.05) is 0 Å². The molecule has 2 rings (SSSR count). The van der Waals surface area contributed by atoms with Crippen LogP contribution in [0.4, 0.5) is 0 Å². The SMILES string of the molecule is COC(=O)[C@@H]1CC2(CC2)CN1.Cl. The van der Waals surface area contributed by atoms with Gasteiger partial charge in [0.25, 0.3) is 0 Å². The molecule has 12 heavy (non-hydrogen) atoms. The minimum absolute atomic E-state index is 0. The van der Waals surface area contributed by atoms with E-state index >= 15 is 0 Å². The zero-order valence-corrected chi connectivity index (χ0v) is 7.95. The number of carbonyl (C=O) groups excluding carboxylic acids is 1. The molecule has 1 heterocycles. The maximum absolute atomic E-state index is 11.0. The van der Waals surface area contributed by atoms with Crippen LogP contribution in [0.25, 0.3) is 0 Å². The lowest BCUT2D eigenvalue weighted by Gasteiger charge is -2.05. The van der Waals surface area contributed by atoms with Gasteiger partial charge < -0.3 is 10.1 Å². The smallest absolute Gasteiger partial charge is 0.322 e. The van der Waals surface area contributed by atoms with Crippen molar-refractivity contribution in [3.63, 3.8) is 0 Å². The Morgan fingerprint density at radius 3 is 2.67 bits per heavy atom. The lowest BCUT2D eigenvalue weighted by molar-refractivity contribution is -0.142. The van der Waals surface area contributed by atoms with Gasteiger partial charge in [-0.15, -0.1) is 12.4 Å². The van der Waals surface area contributed by atoms with E-state index in [4.69, 9.17) is 0 Å². The number of halogens is 1. The molecule has 3 nitrogen and oxygen atoms in total. The summed E-state index contributed by atoms with van der Waals surface area (Å²) >= 11 is 0. The molecule has 0 unspecified atom stereocenters. The van der Waals surface area contributed by atoms with E-state index in [9.17, 15) is 4.79 Å². The number of methoxy groups -OCH3 is 1. The molecule has 1 N–H and O–H groups in total. The zero-order chi connectivity index (χ0) is 7.90. The molecule has 70 valence electrons. The Morgan fingerprint density at radius 2 is 2.25 bits per heavy atom. The third-order valence-corrected chi connectivity index (χ3v) is 2.80. The lowest BCUT2D eigenvalue weighted by Crippen LogP contribution is -2.31. The van der Waals surface area contributed by atoms with Crippen molar-refractivity contribution in [3.05, 3.63) is 0 Å². The molecule has 1 saturated carbocycles. The van der Waals surface area contributed by atoms with Gasteiger partial charge in [-0.05, 0) is 24.7 Å². The summed E-state index contributed by atoms with van der Waals surface area (Å²) in [5.74, 6) is -0.103. The van der Waals surface area contributed by atoms with Gasteiger partial charge in [0.2, 0.25) is 0 Å². The third kappa shape index (κ3) is 1.57. The Kier molecular flexibility index (Phi) is 2.64. The van der Waals surface area contributed by atoms with Crippen molar-refractivity contribution in [1.82, 2.24) is 5.32 Å². The highest BCUT2D eigenvalue weighted by Crippen LogP contribution is 2.51. The van der Waals surface area contributed by atoms with Crippen molar-refractivity contribution < 1.29 is 9.53 Å². The van der Waals surface area contributed by atoms with Gasteiger partial charge in [0, 0.05) is 6.54 Å². The molecule has 0 aromatic rings. The first-order valence-electron chi connectivity index (χ1n) is 4.07. The number of ether oxygens (including phenoxy) is 1. The number of rotatable bonds is 1. The molecule has 1 aliphatic heterocycles. The maximum Gasteiger partial charge on any atom is 0.322 e. The fourth-order valence-electron chi connectivity index (χ4n) is 1.78. The van der Waals surface area contributed by atoms with Crippen molar-refractivity contribution in [2.24, 2.45) is 5.41 Å². The molecule has 1 aliphatic carbocycles. The van der Waals surface area contributed by atoms with E-state index < -0.39 is 0 Å². The van der Waals surface area contributed by atoms with Crippen LogP contribution in [-0.4, -0.2) is 25.7 Å². The van der Waals surface area contributed by atoms with Crippen LogP contribution in [-0.2, 0) is 9.53 Å². The molecule has 2 fully saturated rings. The number of carbonyl (C=O) groups is 1. The topological polar surface area (TPSA) is 38.3 Å². The van der Waals surface area contributed by atoms with E-state index in [2.05, 4.69) is 10.1 Å². The summed E-state index contributed by atoms with van der Waals surface area (Å²) in [6, 6.07) is -0.0255. The van der Waals surface area contributed by atoms with Gasteiger partial charge >= 0.3 is 5.97 Å². The number of hydrogen-bond acceptors (Lipinski definition) is 3. The highest BCUT2D eigenvalue weighted by atomic mass is 35.5. The van der Waals surface area contributed by atoms with Crippen LogP contribution in [0, 0.1) is 5.41 Å². The first-order valence-corrected chi connectivity index (χ1v) is 4.07. The van der Waals surface area contributed by atoms with Crippen molar-refractivity contribution in [1.29, 1.82) is 0 Å². The molecular weight excluding hydrogens is 178 g/mol. The Morgan fingerprint density at radius 1 is 1.58 bits per heavy atom. The number of nitrogens with one attached hydrogen (secondary N) is 1. The summed E-state index contributed by atoms with van der Waals surface area (Å²) < 4.78 is 4.65. The maximum atomic E-state index is 11.0. The molecule has 2 aliphatic rings. The van der Waals surface area contributed by atoms with Gasteiger partial charge in [-0.2, -0.15) is 0 Å². The van der Waals surface area contributed by atoms with E-state index in [0.717, 1.165) is 13.0 Å². The van der Waals surface area contributed by atoms with Crippen LogP contribution < -0.4 is 5.32 Å². The zero-order valence-electron chi connectivity index (χ0n) is 7.13. The Hall–Kier alpha value is -0.280. The molecule has 0 radical (unpaired) electrons. The first kappa shape index (κ1) is 9.81. The average Bonchev–Trinajstić information content (AvgIpc) is 2.61. The molecule has 0 bridgehead atoms. The monoisotopic (exact) mass is 191 g/mol. The molecule has 1 spiro atoms. The molecule has 0 aromatic heterocycles. The van der Waals surface area contributed by atoms with Crippen LogP contribution >= 0.6 is 12.4 Å². The lowest BCUT2D eigenvalue weighted by atomic mass is 10.0. The third-order valence-electron chi connectivity index (χ3n) is 2.80. The molecular formula is C8H14ClNO2. The Balaban J connectivity index is 0.000000720. The van der Waals surface area contributed by atoms with Crippen LogP contribution in [0.15, 0.2) is 0 Å². The summed E-state index contributed by atoms with van der Waals surface area (Å²) in [5, 5.41) is 3.19. The predicted octanol–water partition coefficient (Wildman–Crippen LogP) is 0.723. The molecule has 0 amide bonds. The second-order valence-electron chi connectivity index (χ2n) is 3.66. The largest absolute Gasteiger partial charge is 0.468 e. The Labute approximate surface area is 78.3 Å². The average molecular weight is 192 g/mol. The first-order chi connectivity index (χ1) is 5.26. The van der Waals surface area contributed by atoms with E-state index in [1.54, 1.807) is 0 Å². The van der Waals surface area contributed by atoms with Crippen molar-refractivity contribution in [2.45, 2.75) is 25.3 Å². The van der Waals surface area contributed by atoms with Crippen LogP contribution in [0.2, 0.25) is 0 Å². The van der Waals surface area contributed by atoms with Crippen molar-refractivity contribution >= 4 is 18.4 Å². The summed E-state index contributed by atoms with van der Waals surface area (Å²) in [6.45, 7) is 1.01. The van der Waals surface area contributed by atoms with Gasteiger partial charge in [0.15, 0.2) is 0 Å². The molecule has 1 saturated heterocycles. The second kappa shape index (κ2) is 3.23. The van der Waals surface area contributed by atoms with E-state index in [1.807, 2.05) is 0 Å². The standard InChI is InChI=1S/C8H13NO2.ClH/c1-11-7(10)6-4-8(2-3-8)5-9-6;/h6,9H,2-5H2,1H3;1H/t6-;/m0./s1. The molecule has 1 atom stereocenters. The minimum Gasteiger partial charge on any atom is -0.468 e. The quantitative estimate of drug-likeness (QED) is 0.621. The molecule has 4 heteroatoms. The highest BCUT2D eigenvalue weighted by Gasteiger charge is 2.50. The van der Waals surface area contributed by atoms with E-state index in [-0.39, 0.29) is 24.4 Å². The van der Waals surface area contributed by atoms with Crippen LogP contribution in [0.1, 0.15) is 19.3 Å². The summed E-state index contributed by atoms with van der Waals surface area (Å²) in [7, 11) is 1.45. The minimum atomic E-state index is -0.103. The molecule has 0 aromatic carbocycles. The van der Waals surface area contributed by atoms with E-state index in [1.165, 1.54) is 20.0 Å². The van der Waals surface area contributed by atoms with Crippen molar-refractivity contribution in [3.8, 4) is 0 Å². The highest BCUT2D eigenvalue weighted by molar-refractivity contribution is 5.85. The van der Waals surface area contributed by atoms with Crippen LogP contribution in [0.5, 0.6) is 0 Å². The van der Waals surface area contributed by atoms with Crippen LogP contribution in [0.3, 0.4) is 0 Å². The van der Waals surface area contributed by atoms with Gasteiger partial charge in [-0.3, -0.25) is 4.79 Å². The van der Waals surface area contributed by atoms with Crippen molar-refractivity contribution in [2.75, 3.05) is 13.7 Å². The second-order valence-corrected chi connectivity index (χ2v) is 3.66. The summed E-state index contributed by atoms with van der Waals surface area (Å²) in [4.78, 5) is 11.0. The van der Waals surface area contributed by atoms with Gasteiger partial charge in [-0.25, -0.2) is 0 Å². The summed E-state index contributed by atoms with van der Waals surface area (Å²) in [5.41, 5.74) is 0.485. The number of esters is 1. The predicted molar refractivity (Wildman–Crippen MR) is 47.3 cm³/mol. The summed E-state index contributed by atoms with van der Waals surface area (Å²) in [6.07, 6.45) is 3.56. The fourth-order valence-corrected chi connectivity index (χ4v) is 1.78. The normalized spacial score (nSPS) is 29.6. The van der Waals surface area contributed by atoms with E-state index in [0.29, 0.717) is 5.41 Å². The fraction of sp³-hybridized carbons (Fsp3) is 0.875. The Bertz CT molecular complexity index is 191. The van der Waals surface area contributed by atoms with Gasteiger partial charge in [0.1, 0.15) is 6.04 Å².